The molecule has 1 heterocycles. The number of rotatable bonds is 7. The van der Waals surface area contributed by atoms with Gasteiger partial charge in [0.2, 0.25) is 0 Å². The molecule has 2 fully saturated rings. The van der Waals surface area contributed by atoms with Crippen LogP contribution in [0, 0.1) is 11.3 Å². The van der Waals surface area contributed by atoms with E-state index in [4.69, 9.17) is 9.47 Å². The van der Waals surface area contributed by atoms with Gasteiger partial charge in [-0.15, -0.1) is 0 Å². The molecule has 0 radical (unpaired) electrons. The second-order valence-corrected chi connectivity index (χ2v) is 9.12. The van der Waals surface area contributed by atoms with Crippen molar-refractivity contribution in [2.75, 3.05) is 19.8 Å². The monoisotopic (exact) mass is 399 g/mol. The van der Waals surface area contributed by atoms with Crippen molar-refractivity contribution >= 4 is 11.9 Å². The quantitative estimate of drug-likeness (QED) is 0.685. The summed E-state index contributed by atoms with van der Waals surface area (Å²) in [5.74, 6) is 0.889. The van der Waals surface area contributed by atoms with Crippen LogP contribution in [0.3, 0.4) is 0 Å². The van der Waals surface area contributed by atoms with Gasteiger partial charge in [0.1, 0.15) is 12.4 Å². The van der Waals surface area contributed by atoms with Crippen LogP contribution in [-0.2, 0) is 9.53 Å². The number of aliphatic carboxylic acids is 1. The van der Waals surface area contributed by atoms with Crippen molar-refractivity contribution < 1.29 is 19.4 Å². The minimum atomic E-state index is -0.845. The summed E-state index contributed by atoms with van der Waals surface area (Å²) in [6.45, 7) is 1.93. The zero-order chi connectivity index (χ0) is 20.1. The van der Waals surface area contributed by atoms with Crippen molar-refractivity contribution in [3.8, 4) is 5.75 Å². The van der Waals surface area contributed by atoms with E-state index in [1.165, 1.54) is 57.8 Å². The Hall–Kier alpha value is -2.04. The van der Waals surface area contributed by atoms with E-state index in [2.05, 4.69) is 4.99 Å². The fraction of sp³-hybridized carbons (Fsp3) is 0.667. The third-order valence-electron chi connectivity index (χ3n) is 7.01. The number of carbonyl (C=O) groups is 1. The molecule has 5 nitrogen and oxygen atoms in total. The first-order valence-corrected chi connectivity index (χ1v) is 11.3. The van der Waals surface area contributed by atoms with Crippen molar-refractivity contribution in [2.24, 2.45) is 16.3 Å². The lowest BCUT2D eigenvalue weighted by atomic mass is 9.63. The Morgan fingerprint density at radius 1 is 1.17 bits per heavy atom. The third-order valence-corrected chi connectivity index (χ3v) is 7.01. The van der Waals surface area contributed by atoms with Gasteiger partial charge in [0.15, 0.2) is 5.90 Å². The number of hydrogen-bond acceptors (Lipinski definition) is 4. The van der Waals surface area contributed by atoms with Crippen LogP contribution in [0.25, 0.3) is 0 Å². The lowest BCUT2D eigenvalue weighted by Crippen LogP contribution is -2.33. The van der Waals surface area contributed by atoms with Gasteiger partial charge in [-0.05, 0) is 61.1 Å². The van der Waals surface area contributed by atoms with Gasteiger partial charge < -0.3 is 14.6 Å². The highest BCUT2D eigenvalue weighted by Crippen LogP contribution is 2.49. The highest BCUT2D eigenvalue weighted by molar-refractivity contribution is 5.88. The molecule has 0 aromatic heterocycles. The highest BCUT2D eigenvalue weighted by atomic mass is 16.5. The molecule has 2 atom stereocenters. The maximum atomic E-state index is 11.3. The molecule has 4 rings (SSSR count). The molecule has 1 spiro atoms. The average Bonchev–Trinajstić information content (AvgIpc) is 3.26. The van der Waals surface area contributed by atoms with E-state index < -0.39 is 5.97 Å². The van der Waals surface area contributed by atoms with Gasteiger partial charge in [-0.25, -0.2) is 0 Å². The molecule has 5 heteroatoms. The number of nitrogens with zero attached hydrogens (tertiary/aromatic N) is 1. The summed E-state index contributed by atoms with van der Waals surface area (Å²) < 4.78 is 11.7. The first kappa shape index (κ1) is 20.2. The predicted octanol–water partition coefficient (Wildman–Crippen LogP) is 5.19. The van der Waals surface area contributed by atoms with Gasteiger partial charge in [0.25, 0.3) is 0 Å². The van der Waals surface area contributed by atoms with E-state index in [0.29, 0.717) is 30.4 Å². The van der Waals surface area contributed by atoms with Crippen LogP contribution >= 0.6 is 0 Å². The molecule has 2 unspecified atom stereocenters. The molecule has 1 aromatic rings. The zero-order valence-electron chi connectivity index (χ0n) is 17.3. The highest BCUT2D eigenvalue weighted by Gasteiger charge is 2.37. The summed E-state index contributed by atoms with van der Waals surface area (Å²) in [4.78, 5) is 15.6. The Kier molecular flexibility index (Phi) is 6.41. The normalized spacial score (nSPS) is 24.6. The summed E-state index contributed by atoms with van der Waals surface area (Å²) in [6, 6.07) is 7.82. The molecule has 0 bridgehead atoms. The molecular formula is C24H33NO4. The topological polar surface area (TPSA) is 68.1 Å². The average molecular weight is 400 g/mol. The summed E-state index contributed by atoms with van der Waals surface area (Å²) >= 11 is 0. The van der Waals surface area contributed by atoms with E-state index >= 15 is 0 Å². The third kappa shape index (κ3) is 5.12. The molecule has 2 saturated carbocycles. The van der Waals surface area contributed by atoms with Gasteiger partial charge in [-0.2, -0.15) is 0 Å². The molecule has 0 amide bonds. The van der Waals surface area contributed by atoms with Gasteiger partial charge in [0, 0.05) is 0 Å². The van der Waals surface area contributed by atoms with Crippen molar-refractivity contribution in [3.05, 3.63) is 29.8 Å². The lowest BCUT2D eigenvalue weighted by molar-refractivity contribution is -0.137. The minimum Gasteiger partial charge on any atom is -0.493 e. The van der Waals surface area contributed by atoms with Gasteiger partial charge >= 0.3 is 5.97 Å². The fourth-order valence-electron chi connectivity index (χ4n) is 5.58. The fourth-order valence-corrected chi connectivity index (χ4v) is 5.58. The SMILES string of the molecule is O=C(O)CC(C1=NCCO1)c1ccc(OCC2CCCC3(CCCCC3)C2)cc1. The number of ether oxygens (including phenoxy) is 2. The number of hydrogen-bond donors (Lipinski definition) is 1. The van der Waals surface area contributed by atoms with Crippen molar-refractivity contribution in [1.29, 1.82) is 0 Å². The second kappa shape index (κ2) is 9.19. The molecule has 1 aromatic carbocycles. The number of benzene rings is 1. The van der Waals surface area contributed by atoms with Crippen LogP contribution in [0.2, 0.25) is 0 Å². The summed E-state index contributed by atoms with van der Waals surface area (Å²) in [5, 5.41) is 9.26. The molecule has 1 N–H and O–H groups in total. The lowest BCUT2D eigenvalue weighted by Gasteiger charge is -2.43. The van der Waals surface area contributed by atoms with Crippen molar-refractivity contribution in [1.82, 2.24) is 0 Å². The van der Waals surface area contributed by atoms with Crippen LogP contribution in [-0.4, -0.2) is 36.7 Å². The van der Waals surface area contributed by atoms with Crippen LogP contribution < -0.4 is 4.74 Å². The number of carboxylic acids is 1. The van der Waals surface area contributed by atoms with Gasteiger partial charge in [-0.1, -0.05) is 37.8 Å². The molecule has 29 heavy (non-hydrogen) atoms. The Labute approximate surface area is 173 Å². The zero-order valence-corrected chi connectivity index (χ0v) is 17.3. The largest absolute Gasteiger partial charge is 0.493 e. The molecule has 3 aliphatic rings. The Morgan fingerprint density at radius 3 is 2.62 bits per heavy atom. The minimum absolute atomic E-state index is 0.0107. The van der Waals surface area contributed by atoms with Crippen molar-refractivity contribution in [3.63, 3.8) is 0 Å². The second-order valence-electron chi connectivity index (χ2n) is 9.12. The summed E-state index contributed by atoms with van der Waals surface area (Å²) in [7, 11) is 0. The molecular weight excluding hydrogens is 366 g/mol. The molecule has 1 aliphatic heterocycles. The first-order chi connectivity index (χ1) is 14.1. The maximum absolute atomic E-state index is 11.3. The Balaban J connectivity index is 1.34. The summed E-state index contributed by atoms with van der Waals surface area (Å²) in [6.07, 6.45) is 12.4. The number of aliphatic imine (C=N–C) groups is 1. The molecule has 2 aliphatic carbocycles. The van der Waals surface area contributed by atoms with Gasteiger partial charge in [-0.3, -0.25) is 9.79 Å². The molecule has 0 saturated heterocycles. The predicted molar refractivity (Wildman–Crippen MR) is 113 cm³/mol. The van der Waals surface area contributed by atoms with E-state index in [0.717, 1.165) is 17.9 Å². The Morgan fingerprint density at radius 2 is 1.93 bits per heavy atom. The van der Waals surface area contributed by atoms with E-state index in [-0.39, 0.29) is 12.3 Å². The van der Waals surface area contributed by atoms with Crippen LogP contribution in [0.5, 0.6) is 5.75 Å². The van der Waals surface area contributed by atoms with E-state index in [1.54, 1.807) is 0 Å². The maximum Gasteiger partial charge on any atom is 0.304 e. The van der Waals surface area contributed by atoms with E-state index in [1.807, 2.05) is 24.3 Å². The number of carboxylic acid groups (broad SMARTS) is 1. The van der Waals surface area contributed by atoms with Crippen LogP contribution in [0.15, 0.2) is 29.3 Å². The van der Waals surface area contributed by atoms with E-state index in [9.17, 15) is 9.90 Å². The Bertz CT molecular complexity index is 715. The molecule has 158 valence electrons. The first-order valence-electron chi connectivity index (χ1n) is 11.3. The van der Waals surface area contributed by atoms with Gasteiger partial charge in [0.05, 0.1) is 25.5 Å². The standard InChI is InChI=1S/C24H33NO4/c26-22(27)15-21(23-25-13-14-28-23)19-6-8-20(9-7-19)29-17-18-5-4-12-24(16-18)10-2-1-3-11-24/h6-9,18,21H,1-5,10-17H2,(H,26,27). The van der Waals surface area contributed by atoms with Crippen LogP contribution in [0.1, 0.15) is 75.7 Å². The smallest absolute Gasteiger partial charge is 0.304 e. The van der Waals surface area contributed by atoms with Crippen molar-refractivity contribution in [2.45, 2.75) is 70.1 Å². The van der Waals surface area contributed by atoms with Crippen LogP contribution in [0.4, 0.5) is 0 Å². The summed E-state index contributed by atoms with van der Waals surface area (Å²) in [5.41, 5.74) is 1.51.